The van der Waals surface area contributed by atoms with E-state index >= 15 is 0 Å². The second kappa shape index (κ2) is 4.45. The van der Waals surface area contributed by atoms with Crippen molar-refractivity contribution in [3.8, 4) is 34.3 Å². The Bertz CT molecular complexity index is 705. The number of phenols is 2. The predicted molar refractivity (Wildman–Crippen MR) is 68.5 cm³/mol. The van der Waals surface area contributed by atoms with E-state index in [1.54, 1.807) is 48.5 Å². The van der Waals surface area contributed by atoms with Crippen LogP contribution in [0.3, 0.4) is 0 Å². The molecule has 0 unspecified atom stereocenters. The quantitative estimate of drug-likeness (QED) is 0.735. The number of hydrogen-bond donors (Lipinski definition) is 2. The zero-order valence-corrected chi connectivity index (χ0v) is 9.82. The molecule has 0 saturated carbocycles. The Hall–Kier alpha value is -2.82. The van der Waals surface area contributed by atoms with Crippen molar-refractivity contribution in [1.29, 1.82) is 0 Å². The van der Waals surface area contributed by atoms with E-state index in [4.69, 9.17) is 4.52 Å². The highest BCUT2D eigenvalue weighted by Gasteiger charge is 2.10. The lowest BCUT2D eigenvalue weighted by Crippen LogP contribution is -1.80. The normalized spacial score (nSPS) is 10.5. The number of phenolic OH excluding ortho intramolecular Hbond substituents is 2. The fraction of sp³-hybridized carbons (Fsp3) is 0. The highest BCUT2D eigenvalue weighted by molar-refractivity contribution is 5.61. The minimum Gasteiger partial charge on any atom is -0.508 e. The van der Waals surface area contributed by atoms with Crippen LogP contribution in [0.4, 0.5) is 0 Å². The molecule has 5 heteroatoms. The number of rotatable bonds is 2. The van der Waals surface area contributed by atoms with E-state index in [0.29, 0.717) is 17.3 Å². The summed E-state index contributed by atoms with van der Waals surface area (Å²) in [5.74, 6) is 1.08. The molecule has 1 heterocycles. The maximum atomic E-state index is 9.41. The van der Waals surface area contributed by atoms with E-state index in [2.05, 4.69) is 10.1 Å². The van der Waals surface area contributed by atoms with E-state index in [9.17, 15) is 10.2 Å². The molecule has 1 aromatic heterocycles. The van der Waals surface area contributed by atoms with Gasteiger partial charge in [0.15, 0.2) is 0 Å². The summed E-state index contributed by atoms with van der Waals surface area (Å²) in [7, 11) is 0. The molecule has 0 amide bonds. The van der Waals surface area contributed by atoms with Crippen LogP contribution in [0.1, 0.15) is 0 Å². The van der Waals surface area contributed by atoms with Gasteiger partial charge in [-0.3, -0.25) is 0 Å². The van der Waals surface area contributed by atoms with Gasteiger partial charge in [0.1, 0.15) is 11.5 Å². The number of nitrogens with zero attached hydrogens (tertiary/aromatic N) is 2. The molecule has 0 aliphatic carbocycles. The van der Waals surface area contributed by atoms with Gasteiger partial charge in [0.25, 0.3) is 5.89 Å². The molecule has 2 N–H and O–H groups in total. The van der Waals surface area contributed by atoms with Crippen LogP contribution < -0.4 is 0 Å². The van der Waals surface area contributed by atoms with Gasteiger partial charge in [0, 0.05) is 11.1 Å². The Morgan fingerprint density at radius 3 is 2.37 bits per heavy atom. The molecule has 2 aromatic carbocycles. The van der Waals surface area contributed by atoms with Gasteiger partial charge in [-0.15, -0.1) is 0 Å². The number of hydrogen-bond acceptors (Lipinski definition) is 5. The van der Waals surface area contributed by atoms with Crippen LogP contribution in [-0.2, 0) is 0 Å². The third-order valence-corrected chi connectivity index (χ3v) is 2.64. The Balaban J connectivity index is 1.97. The van der Waals surface area contributed by atoms with Crippen LogP contribution in [0.15, 0.2) is 53.1 Å². The monoisotopic (exact) mass is 254 g/mol. The van der Waals surface area contributed by atoms with Crippen molar-refractivity contribution < 1.29 is 14.7 Å². The predicted octanol–water partition coefficient (Wildman–Crippen LogP) is 2.81. The maximum Gasteiger partial charge on any atom is 0.258 e. The van der Waals surface area contributed by atoms with Crippen molar-refractivity contribution in [3.05, 3.63) is 48.5 Å². The van der Waals surface area contributed by atoms with Gasteiger partial charge < -0.3 is 14.7 Å². The summed E-state index contributed by atoms with van der Waals surface area (Å²) in [5.41, 5.74) is 1.39. The molecule has 0 fully saturated rings. The molecule has 3 rings (SSSR count). The molecule has 0 atom stereocenters. The fourth-order valence-electron chi connectivity index (χ4n) is 1.71. The zero-order valence-electron chi connectivity index (χ0n) is 9.82. The molecule has 0 aliphatic heterocycles. The van der Waals surface area contributed by atoms with E-state index in [-0.39, 0.29) is 11.5 Å². The van der Waals surface area contributed by atoms with Crippen LogP contribution in [0.2, 0.25) is 0 Å². The average Bonchev–Trinajstić information content (AvgIpc) is 2.89. The smallest absolute Gasteiger partial charge is 0.258 e. The van der Waals surface area contributed by atoms with Crippen LogP contribution in [0.5, 0.6) is 11.5 Å². The first-order valence-electron chi connectivity index (χ1n) is 5.65. The van der Waals surface area contributed by atoms with E-state index in [1.165, 1.54) is 0 Å². The topological polar surface area (TPSA) is 79.4 Å². The first-order valence-corrected chi connectivity index (χ1v) is 5.65. The van der Waals surface area contributed by atoms with Gasteiger partial charge in [-0.2, -0.15) is 4.98 Å². The summed E-state index contributed by atoms with van der Waals surface area (Å²) in [4.78, 5) is 4.25. The van der Waals surface area contributed by atoms with Crippen molar-refractivity contribution in [2.75, 3.05) is 0 Å². The van der Waals surface area contributed by atoms with E-state index in [0.717, 1.165) is 5.56 Å². The zero-order chi connectivity index (χ0) is 13.2. The molecule has 19 heavy (non-hydrogen) atoms. The van der Waals surface area contributed by atoms with E-state index in [1.807, 2.05) is 0 Å². The van der Waals surface area contributed by atoms with Crippen LogP contribution in [0.25, 0.3) is 22.8 Å². The highest BCUT2D eigenvalue weighted by Crippen LogP contribution is 2.25. The summed E-state index contributed by atoms with van der Waals surface area (Å²) in [6.07, 6.45) is 0. The van der Waals surface area contributed by atoms with Gasteiger partial charge in [-0.1, -0.05) is 11.2 Å². The third-order valence-electron chi connectivity index (χ3n) is 2.64. The number of aromatic hydroxyl groups is 2. The summed E-state index contributed by atoms with van der Waals surface area (Å²) >= 11 is 0. The van der Waals surface area contributed by atoms with E-state index < -0.39 is 0 Å². The first-order chi connectivity index (χ1) is 9.22. The lowest BCUT2D eigenvalue weighted by molar-refractivity contribution is 0.431. The molecule has 0 spiro atoms. The molecule has 0 saturated heterocycles. The molecule has 0 radical (unpaired) electrons. The second-order valence-corrected chi connectivity index (χ2v) is 4.02. The number of benzene rings is 2. The Kier molecular flexibility index (Phi) is 2.64. The summed E-state index contributed by atoms with van der Waals surface area (Å²) < 4.78 is 5.16. The van der Waals surface area contributed by atoms with Crippen molar-refractivity contribution >= 4 is 0 Å². The minimum absolute atomic E-state index is 0.141. The molecule has 5 nitrogen and oxygen atoms in total. The Morgan fingerprint density at radius 2 is 1.63 bits per heavy atom. The van der Waals surface area contributed by atoms with Gasteiger partial charge in [0.05, 0.1) is 0 Å². The van der Waals surface area contributed by atoms with Crippen molar-refractivity contribution in [2.24, 2.45) is 0 Å². The third kappa shape index (κ3) is 2.26. The van der Waals surface area contributed by atoms with Crippen molar-refractivity contribution in [2.45, 2.75) is 0 Å². The Morgan fingerprint density at radius 1 is 0.842 bits per heavy atom. The largest absolute Gasteiger partial charge is 0.508 e. The summed E-state index contributed by atoms with van der Waals surface area (Å²) in [6, 6.07) is 13.1. The van der Waals surface area contributed by atoms with Crippen molar-refractivity contribution in [1.82, 2.24) is 10.1 Å². The first kappa shape index (κ1) is 11.3. The van der Waals surface area contributed by atoms with Crippen LogP contribution in [-0.4, -0.2) is 20.4 Å². The van der Waals surface area contributed by atoms with Crippen molar-refractivity contribution in [3.63, 3.8) is 0 Å². The van der Waals surface area contributed by atoms with Gasteiger partial charge in [-0.25, -0.2) is 0 Å². The lowest BCUT2D eigenvalue weighted by Gasteiger charge is -1.95. The summed E-state index contributed by atoms with van der Waals surface area (Å²) in [6.45, 7) is 0. The fourth-order valence-corrected chi connectivity index (χ4v) is 1.71. The molecule has 0 aliphatic rings. The molecule has 3 aromatic rings. The van der Waals surface area contributed by atoms with Gasteiger partial charge >= 0.3 is 0 Å². The SMILES string of the molecule is Oc1ccc(-c2noc(-c3cccc(O)c3)n2)cc1. The maximum absolute atomic E-state index is 9.41. The molecular weight excluding hydrogens is 244 g/mol. The van der Waals surface area contributed by atoms with Gasteiger partial charge in [0.2, 0.25) is 5.82 Å². The standard InChI is InChI=1S/C14H10N2O3/c17-11-6-4-9(5-7-11)13-15-14(19-16-13)10-2-1-3-12(18)8-10/h1-8,17-18H. The van der Waals surface area contributed by atoms with Crippen LogP contribution in [0, 0.1) is 0 Å². The Labute approximate surface area is 108 Å². The second-order valence-electron chi connectivity index (χ2n) is 4.02. The average molecular weight is 254 g/mol. The highest BCUT2D eigenvalue weighted by atomic mass is 16.5. The summed E-state index contributed by atoms with van der Waals surface area (Å²) in [5, 5.41) is 22.5. The molecule has 0 bridgehead atoms. The number of aromatic nitrogens is 2. The van der Waals surface area contributed by atoms with Crippen LogP contribution >= 0.6 is 0 Å². The van der Waals surface area contributed by atoms with Gasteiger partial charge in [-0.05, 0) is 42.5 Å². The lowest BCUT2D eigenvalue weighted by atomic mass is 10.2. The minimum atomic E-state index is 0.141. The molecule has 94 valence electrons. The molecular formula is C14H10N2O3.